The number of Topliss-reactive ketones (excluding diaryl/α,β-unsaturated/α-hetero) is 2. The molecule has 45 nitrogen and oxygen atoms in total. The van der Waals surface area contributed by atoms with Crippen LogP contribution in [0.1, 0.15) is 110 Å². The van der Waals surface area contributed by atoms with Crippen LogP contribution in [-0.4, -0.2) is 360 Å². The molecule has 0 radical (unpaired) electrons. The van der Waals surface area contributed by atoms with Crippen LogP contribution >= 0.6 is 0 Å². The highest BCUT2D eigenvalue weighted by Gasteiger charge is 2.56. The van der Waals surface area contributed by atoms with Crippen molar-refractivity contribution in [3.63, 3.8) is 0 Å². The van der Waals surface area contributed by atoms with Gasteiger partial charge >= 0.3 is 71.6 Å². The number of aliphatic hydroxyl groups excluding tert-OH is 7. The average Bonchev–Trinajstić information content (AvgIpc) is 1.66. The summed E-state index contributed by atoms with van der Waals surface area (Å²) in [5, 5.41) is 89.5. The molecular weight excluding hydrogens is 1690 g/mol. The molecule has 0 saturated carbocycles. The standard InChI is InChI=1S/C17H24O9.C15H20O9.C15H16O9.C12H18O6.C11H16O6.C11H14O6/c1-10(18)4-2-6-14(21)25-11-8-23-17-12(9-24-16(11)17)26-15(22)7-3-5-13(19)20;2*1-8(16)2-4-12(19)23-9-6-21-15-10(7-22-14(9)15)24-13(20)5-3-11(17)18;1-7(13)3-2-4-10(15)18-9-6-17-11-8(14)5-16-12(9)11;2*1-6(12)2-3-9(14)17-8-5-16-10-7(13)4-15-11(8)10/h11-12,16-17H,2-9H2,1H3,(H,19,20);9-10,14-16H,1-7H2,(H,17,18);2-5,9-10,14-16H,1,6-7H2,(H,17,18);8-9,11-12,14H,2-6H2,1H3;7-8,10-13H,1-5H2;2-3,7-8,10-13H,1,4-5H2/t11-,12-,16+,17+;9-,10-,14+,15+;9-,10-,14-,15-;8-,9-,11+,12+;7-,8-,10+,11+;7-,8-,10-,11-/m001001/s1. The maximum atomic E-state index is 11.8. The number of carboxylic acids is 3. The minimum absolute atomic E-state index is 0.00315. The zero-order chi connectivity index (χ0) is 92.4. The minimum atomic E-state index is -1.27. The van der Waals surface area contributed by atoms with Gasteiger partial charge in [-0.3, -0.25) is 38.4 Å². The number of ether oxygens (including phenoxy) is 21. The van der Waals surface area contributed by atoms with Crippen LogP contribution in [-0.2, 0) is 167 Å². The number of aliphatic hydroxyl groups is 7. The van der Waals surface area contributed by atoms with Gasteiger partial charge in [0.25, 0.3) is 0 Å². The lowest BCUT2D eigenvalue weighted by Gasteiger charge is -2.17. The van der Waals surface area contributed by atoms with Gasteiger partial charge in [0.2, 0.25) is 0 Å². The fourth-order valence-electron chi connectivity index (χ4n) is 14.0. The Kier molecular flexibility index (Phi) is 42.1. The molecular formula is C81H108O45. The average molecular weight is 1800 g/mol. The van der Waals surface area contributed by atoms with Crippen molar-refractivity contribution >= 4 is 83.2 Å². The molecule has 0 spiro atoms. The molecule has 10 N–H and O–H groups in total. The van der Waals surface area contributed by atoms with E-state index in [9.17, 15) is 82.4 Å². The molecule has 0 aliphatic carbocycles. The maximum Gasteiger partial charge on any atom is 0.331 e. The van der Waals surface area contributed by atoms with Gasteiger partial charge in [0, 0.05) is 75.7 Å². The molecule has 0 aromatic heterocycles. The molecule has 0 aromatic rings. The van der Waals surface area contributed by atoms with E-state index in [1.54, 1.807) is 0 Å². The first-order chi connectivity index (χ1) is 59.8. The van der Waals surface area contributed by atoms with Crippen LogP contribution in [0, 0.1) is 0 Å². The summed E-state index contributed by atoms with van der Waals surface area (Å²) in [6.45, 7) is 17.8. The number of aliphatic carboxylic acids is 3. The van der Waals surface area contributed by atoms with E-state index in [1.807, 2.05) is 0 Å². The summed E-state index contributed by atoms with van der Waals surface area (Å²) in [6.07, 6.45) is -5.20. The fourth-order valence-corrected chi connectivity index (χ4v) is 14.0. The van der Waals surface area contributed by atoms with Gasteiger partial charge < -0.3 is 160 Å². The highest BCUT2D eigenvalue weighted by atomic mass is 16.7. The fraction of sp³-hybridized carbons (Fsp3) is 0.654. The Morgan fingerprint density at radius 2 is 0.460 bits per heavy atom. The molecule has 12 fully saturated rings. The molecule has 12 heterocycles. The highest BCUT2D eigenvalue weighted by molar-refractivity contribution is 5.91. The predicted molar refractivity (Wildman–Crippen MR) is 412 cm³/mol. The van der Waals surface area contributed by atoms with Crippen molar-refractivity contribution in [1.29, 1.82) is 0 Å². The molecule has 0 aromatic carbocycles. The summed E-state index contributed by atoms with van der Waals surface area (Å²) in [6, 6.07) is 0. The lowest BCUT2D eigenvalue weighted by molar-refractivity contribution is -0.157. The highest BCUT2D eigenvalue weighted by Crippen LogP contribution is 2.36. The number of carbonyl (C=O) groups excluding carboxylic acids is 11. The molecule has 24 atom stereocenters. The van der Waals surface area contributed by atoms with Crippen LogP contribution < -0.4 is 0 Å². The molecule has 0 amide bonds. The second-order valence-electron chi connectivity index (χ2n) is 30.1. The van der Waals surface area contributed by atoms with Crippen LogP contribution in [0.3, 0.4) is 0 Å². The number of esters is 9. The number of fused-ring (bicyclic) bond motifs is 6. The summed E-state index contributed by atoms with van der Waals surface area (Å²) in [7, 11) is 0. The number of ketones is 2. The van der Waals surface area contributed by atoms with Crippen molar-refractivity contribution in [3.8, 4) is 0 Å². The zero-order valence-electron chi connectivity index (χ0n) is 69.0. The number of allylic oxidation sites excluding steroid dienone is 4. The number of carbonyl (C=O) groups is 14. The van der Waals surface area contributed by atoms with E-state index in [2.05, 4.69) is 26.3 Å². The minimum Gasteiger partial charge on any atom is -0.513 e. The Morgan fingerprint density at radius 1 is 0.254 bits per heavy atom. The van der Waals surface area contributed by atoms with Gasteiger partial charge in [-0.25, -0.2) is 19.2 Å². The van der Waals surface area contributed by atoms with Crippen LogP contribution in [0.4, 0.5) is 0 Å². The van der Waals surface area contributed by atoms with Crippen molar-refractivity contribution in [2.45, 2.75) is 257 Å². The van der Waals surface area contributed by atoms with E-state index in [0.717, 1.165) is 30.4 Å². The molecule has 12 aliphatic heterocycles. The van der Waals surface area contributed by atoms with E-state index in [4.69, 9.17) is 135 Å². The summed E-state index contributed by atoms with van der Waals surface area (Å²) >= 11 is 0. The Balaban J connectivity index is 0.000000209. The van der Waals surface area contributed by atoms with Gasteiger partial charge in [-0.2, -0.15) is 0 Å². The molecule has 45 heteroatoms. The Hall–Kier alpha value is -10.2. The van der Waals surface area contributed by atoms with Crippen LogP contribution in [0.2, 0.25) is 0 Å². The smallest absolute Gasteiger partial charge is 0.331 e. The van der Waals surface area contributed by atoms with Crippen LogP contribution in [0.25, 0.3) is 0 Å². The summed E-state index contributed by atoms with van der Waals surface area (Å²) in [5.74, 6) is -8.89. The van der Waals surface area contributed by atoms with Gasteiger partial charge in [0.1, 0.15) is 115 Å². The topological polar surface area (TPSA) is 635 Å². The van der Waals surface area contributed by atoms with Crippen molar-refractivity contribution in [3.05, 3.63) is 85.8 Å². The molecule has 0 bridgehead atoms. The number of hydrogen-bond acceptors (Lipinski definition) is 42. The Labute approximate surface area is 720 Å². The maximum absolute atomic E-state index is 11.8. The van der Waals surface area contributed by atoms with Crippen molar-refractivity contribution < 1.29 is 218 Å². The second-order valence-corrected chi connectivity index (χ2v) is 30.1. The first kappa shape index (κ1) is 103. The van der Waals surface area contributed by atoms with Crippen molar-refractivity contribution in [1.82, 2.24) is 0 Å². The van der Waals surface area contributed by atoms with Gasteiger partial charge in [-0.1, -0.05) is 26.3 Å². The molecule has 126 heavy (non-hydrogen) atoms. The first-order valence-electron chi connectivity index (χ1n) is 40.2. The molecule has 12 aliphatic rings. The Bertz CT molecular complexity index is 3740. The number of hydrogen-bond donors (Lipinski definition) is 10. The summed E-state index contributed by atoms with van der Waals surface area (Å²) in [4.78, 5) is 157. The first-order valence-corrected chi connectivity index (χ1v) is 40.2. The predicted octanol–water partition coefficient (Wildman–Crippen LogP) is 0.232. The monoisotopic (exact) mass is 1800 g/mol. The third-order valence-electron chi connectivity index (χ3n) is 19.9. The van der Waals surface area contributed by atoms with Gasteiger partial charge in [-0.15, -0.1) is 0 Å². The third-order valence-corrected chi connectivity index (χ3v) is 19.9. The van der Waals surface area contributed by atoms with Crippen molar-refractivity contribution in [2.75, 3.05) is 79.3 Å². The van der Waals surface area contributed by atoms with Gasteiger partial charge in [0.15, 0.2) is 54.9 Å². The normalized spacial score (nSPS) is 31.0. The number of rotatable bonds is 36. The summed E-state index contributed by atoms with van der Waals surface area (Å²) in [5.41, 5.74) is 0. The molecule has 0 unspecified atom stereocenters. The van der Waals surface area contributed by atoms with Gasteiger partial charge in [0.05, 0.1) is 116 Å². The lowest BCUT2D eigenvalue weighted by atomic mass is 10.1. The second kappa shape index (κ2) is 51.5. The molecule has 702 valence electrons. The summed E-state index contributed by atoms with van der Waals surface area (Å²) < 4.78 is 112. The van der Waals surface area contributed by atoms with E-state index < -0.39 is 194 Å². The Morgan fingerprint density at radius 3 is 0.690 bits per heavy atom. The molecule has 12 saturated heterocycles. The van der Waals surface area contributed by atoms with Crippen LogP contribution in [0.5, 0.6) is 0 Å². The zero-order valence-corrected chi connectivity index (χ0v) is 69.0. The largest absolute Gasteiger partial charge is 0.513 e. The quantitative estimate of drug-likeness (QED) is 0.0132. The number of carboxylic acid groups (broad SMARTS) is 3. The van der Waals surface area contributed by atoms with E-state index in [0.29, 0.717) is 31.8 Å². The van der Waals surface area contributed by atoms with E-state index in [-0.39, 0.29) is 209 Å². The van der Waals surface area contributed by atoms with Crippen LogP contribution in [0.15, 0.2) is 85.8 Å². The van der Waals surface area contributed by atoms with E-state index in [1.165, 1.54) is 13.8 Å². The third kappa shape index (κ3) is 34.2. The van der Waals surface area contributed by atoms with Crippen molar-refractivity contribution in [2.24, 2.45) is 0 Å². The SMILES string of the molecule is C=C(O)C=CC(=O)O[C@@H]1CO[C@H]2[C@@H]1OC[C@H]2O.C=C(O)C=CC(=O)O[C@@H]1CO[C@H]2[C@@H]1OC[C@H]2OC(=O)C=CC(=O)O.C=C(O)CCC(=O)O[C@H]1CO[C@H]2[C@@H]1OC[C@@H]2O.C=C(O)CCC(=O)O[C@H]1CO[C@H]2[C@@H]1OC[C@@H]2OC(=O)CCC(=O)O.CC(=O)CCCC(=O)O[C@H]1CO[C@H]2[C@@H]1OC[C@@H]2O.CC(=O)CCCC(=O)O[C@H]1CO[C@H]2[C@@H]1OC[C@@H]2OC(=O)CCCC(=O)O. The van der Waals surface area contributed by atoms with E-state index >= 15 is 0 Å². The van der Waals surface area contributed by atoms with Gasteiger partial charge in [-0.05, 0) is 45.3 Å². The molecule has 12 rings (SSSR count). The lowest BCUT2D eigenvalue weighted by Crippen LogP contribution is -2.36.